The molecule has 2 nitrogen and oxygen atoms in total. The predicted octanol–water partition coefficient (Wildman–Crippen LogP) is 3.42. The second kappa shape index (κ2) is 6.40. The van der Waals surface area contributed by atoms with Crippen molar-refractivity contribution in [3.63, 3.8) is 0 Å². The first kappa shape index (κ1) is 18.6. The molecule has 1 N–H and O–H groups in total. The van der Waals surface area contributed by atoms with Gasteiger partial charge >= 0.3 is 18.3 Å². The van der Waals surface area contributed by atoms with Gasteiger partial charge in [-0.15, -0.1) is 0 Å². The molecule has 0 saturated carbocycles. The van der Waals surface area contributed by atoms with E-state index >= 15 is 0 Å². The van der Waals surface area contributed by atoms with Crippen LogP contribution in [-0.2, 0) is 4.74 Å². The van der Waals surface area contributed by atoms with Gasteiger partial charge in [-0.05, 0) is 25.6 Å². The molecule has 0 aliphatic heterocycles. The highest BCUT2D eigenvalue weighted by Crippen LogP contribution is 2.42. The van der Waals surface area contributed by atoms with E-state index < -0.39 is 39.6 Å². The first-order valence-corrected chi connectivity index (χ1v) is 8.49. The van der Waals surface area contributed by atoms with Crippen LogP contribution < -0.4 is 0 Å². The quantitative estimate of drug-likeness (QED) is 0.422. The maximum atomic E-state index is 12.8. The Morgan fingerprint density at radius 2 is 1.53 bits per heavy atom. The summed E-state index contributed by atoms with van der Waals surface area (Å²) in [4.78, 5) is 9.37. The van der Waals surface area contributed by atoms with Crippen molar-refractivity contribution in [3.05, 3.63) is 0 Å². The molecular weight excluding hydrogens is 301 g/mol. The molecule has 19 heavy (non-hydrogen) atoms. The van der Waals surface area contributed by atoms with E-state index in [4.69, 9.17) is 0 Å². The Balaban J connectivity index is 4.37. The first-order valence-electron chi connectivity index (χ1n) is 5.34. The third kappa shape index (κ3) is 5.26. The van der Waals surface area contributed by atoms with Gasteiger partial charge in [-0.25, -0.2) is 13.2 Å². The summed E-state index contributed by atoms with van der Waals surface area (Å²) in [7, 11) is -2.49. The summed E-state index contributed by atoms with van der Waals surface area (Å²) in [6, 6.07) is 0.177. The number of rotatable bonds is 8. The van der Waals surface area contributed by atoms with Gasteiger partial charge in [-0.2, -0.15) is 17.6 Å². The van der Waals surface area contributed by atoms with Crippen LogP contribution in [0.5, 0.6) is 0 Å². The number of hydrogen-bond acceptors (Lipinski definition) is 2. The molecule has 0 bridgehead atoms. The molecule has 1 unspecified atom stereocenters. The van der Waals surface area contributed by atoms with Crippen LogP contribution in [-0.4, -0.2) is 44.3 Å². The van der Waals surface area contributed by atoms with Gasteiger partial charge in [0.05, 0.1) is 6.61 Å². The predicted molar refractivity (Wildman–Crippen MR) is 55.9 cm³/mol. The maximum absolute atomic E-state index is 12.8. The van der Waals surface area contributed by atoms with Gasteiger partial charge < -0.3 is 9.53 Å². The summed E-state index contributed by atoms with van der Waals surface area (Å²) in [5, 5.41) is 0. The van der Waals surface area contributed by atoms with Crippen LogP contribution in [0.4, 0.5) is 30.7 Å². The van der Waals surface area contributed by atoms with E-state index in [1.807, 2.05) is 0 Å². The van der Waals surface area contributed by atoms with Crippen molar-refractivity contribution < 1.29 is 40.3 Å². The Labute approximate surface area is 106 Å². The van der Waals surface area contributed by atoms with Crippen LogP contribution in [0.1, 0.15) is 6.42 Å². The lowest BCUT2D eigenvalue weighted by atomic mass is 10.2. The Bertz CT molecular complexity index is 280. The summed E-state index contributed by atoms with van der Waals surface area (Å²) in [6.07, 6.45) is -8.57. The van der Waals surface area contributed by atoms with Crippen LogP contribution in [0.2, 0.25) is 19.1 Å². The normalized spacial score (nSPS) is 15.9. The lowest BCUT2D eigenvalue weighted by Gasteiger charge is -2.28. The summed E-state index contributed by atoms with van der Waals surface area (Å²) >= 11 is 0. The fourth-order valence-electron chi connectivity index (χ4n) is 1.09. The third-order valence-corrected chi connectivity index (χ3v) is 3.78. The first-order chi connectivity index (χ1) is 8.32. The van der Waals surface area contributed by atoms with E-state index in [1.165, 1.54) is 13.1 Å². The maximum Gasteiger partial charge on any atom is 0.374 e. The summed E-state index contributed by atoms with van der Waals surface area (Å²) < 4.78 is 90.4. The monoisotopic (exact) mass is 316 g/mol. The Kier molecular flexibility index (Phi) is 6.28. The lowest BCUT2D eigenvalue weighted by Crippen LogP contribution is -2.53. The zero-order valence-electron chi connectivity index (χ0n) is 10.3. The summed E-state index contributed by atoms with van der Waals surface area (Å²) in [5.41, 5.74) is 0. The second-order valence-corrected chi connectivity index (χ2v) is 8.77. The smallest absolute Gasteiger partial charge is 0.374 e. The number of hydrogen-bond donors (Lipinski definition) is 1. The molecule has 0 aromatic rings. The largest absolute Gasteiger partial charge is 0.432 e. The van der Waals surface area contributed by atoms with Crippen molar-refractivity contribution in [3.8, 4) is 0 Å². The van der Waals surface area contributed by atoms with E-state index in [0.29, 0.717) is 0 Å². The Morgan fingerprint density at radius 1 is 1.05 bits per heavy atom. The highest BCUT2D eigenvalue weighted by Gasteiger charge is 2.68. The minimum absolute atomic E-state index is 0.0352. The summed E-state index contributed by atoms with van der Waals surface area (Å²) in [6.45, 7) is 2.38. The highest BCUT2D eigenvalue weighted by atomic mass is 28.4. The molecule has 0 fully saturated rings. The van der Waals surface area contributed by atoms with Crippen molar-refractivity contribution in [1.82, 2.24) is 0 Å². The van der Waals surface area contributed by atoms with Gasteiger partial charge in [-0.3, -0.25) is 0 Å². The zero-order chi connectivity index (χ0) is 15.5. The van der Waals surface area contributed by atoms with E-state index in [2.05, 4.69) is 4.74 Å². The molecule has 0 amide bonds. The fraction of sp³-hybridized carbons (Fsp3) is 1.00. The van der Waals surface area contributed by atoms with Crippen LogP contribution in [0.25, 0.3) is 0 Å². The summed E-state index contributed by atoms with van der Waals surface area (Å²) in [5.74, 6) is -11.4. The third-order valence-electron chi connectivity index (χ3n) is 2.20. The number of alkyl halides is 7. The van der Waals surface area contributed by atoms with Crippen LogP contribution in [0.3, 0.4) is 0 Å². The van der Waals surface area contributed by atoms with Crippen LogP contribution in [0, 0.1) is 0 Å². The van der Waals surface area contributed by atoms with Crippen molar-refractivity contribution in [2.24, 2.45) is 0 Å². The van der Waals surface area contributed by atoms with Crippen molar-refractivity contribution in [1.29, 1.82) is 0 Å². The Hall–Kier alpha value is -0.353. The second-order valence-electron chi connectivity index (χ2n) is 4.65. The minimum Gasteiger partial charge on any atom is -0.432 e. The molecule has 0 heterocycles. The van der Waals surface area contributed by atoms with Gasteiger partial charge in [0.25, 0.3) is 6.36 Å². The molecule has 0 aliphatic rings. The van der Waals surface area contributed by atoms with Crippen LogP contribution >= 0.6 is 0 Å². The average Bonchev–Trinajstić information content (AvgIpc) is 2.22. The minimum atomic E-state index is -5.81. The van der Waals surface area contributed by atoms with Crippen molar-refractivity contribution in [2.75, 3.05) is 6.61 Å². The van der Waals surface area contributed by atoms with Gasteiger partial charge in [0.1, 0.15) is 0 Å². The highest BCUT2D eigenvalue weighted by molar-refractivity contribution is 6.69. The van der Waals surface area contributed by atoms with Gasteiger partial charge in [0.2, 0.25) is 0 Å². The average molecular weight is 316 g/mol. The Morgan fingerprint density at radius 3 is 1.89 bits per heavy atom. The number of ether oxygens (including phenoxy) is 1. The molecule has 0 aromatic carbocycles. The molecule has 0 aliphatic carbocycles. The standard InChI is InChI=1S/C9H15F7O2Si/c1-19(2,17)5-3-4-18-7(12)9(15,16)8(13,14)6(10)11/h6-7,17H,3-5H2,1-2H3. The molecule has 10 heteroatoms. The van der Waals surface area contributed by atoms with Crippen LogP contribution in [0.15, 0.2) is 0 Å². The molecule has 0 aromatic heterocycles. The van der Waals surface area contributed by atoms with Crippen molar-refractivity contribution in [2.45, 2.75) is 50.2 Å². The molecular formula is C9H15F7O2Si. The number of halogens is 7. The van der Waals surface area contributed by atoms with E-state index in [-0.39, 0.29) is 12.5 Å². The van der Waals surface area contributed by atoms with E-state index in [1.54, 1.807) is 0 Å². The van der Waals surface area contributed by atoms with E-state index in [0.717, 1.165) is 0 Å². The van der Waals surface area contributed by atoms with Crippen molar-refractivity contribution >= 4 is 8.32 Å². The fourth-order valence-corrected chi connectivity index (χ4v) is 2.10. The van der Waals surface area contributed by atoms with E-state index in [9.17, 15) is 35.5 Å². The lowest BCUT2D eigenvalue weighted by molar-refractivity contribution is -0.324. The SMILES string of the molecule is C[Si](C)(O)CCCOC(F)C(F)(F)C(F)(F)C(F)F. The molecule has 0 spiro atoms. The molecule has 0 rings (SSSR count). The van der Waals surface area contributed by atoms with Gasteiger partial charge in [0, 0.05) is 0 Å². The molecule has 0 radical (unpaired) electrons. The van der Waals surface area contributed by atoms with Gasteiger partial charge in [-0.1, -0.05) is 0 Å². The molecule has 1 atom stereocenters. The zero-order valence-corrected chi connectivity index (χ0v) is 11.3. The van der Waals surface area contributed by atoms with Gasteiger partial charge in [0.15, 0.2) is 8.32 Å². The molecule has 116 valence electrons. The molecule has 0 saturated heterocycles. The topological polar surface area (TPSA) is 29.5 Å².